The Labute approximate surface area is 171 Å². The van der Waals surface area contributed by atoms with Crippen molar-refractivity contribution in [3.8, 4) is 0 Å². The van der Waals surface area contributed by atoms with Crippen LogP contribution in [0.1, 0.15) is 11.9 Å². The minimum absolute atomic E-state index is 0.0741. The first-order valence-electron chi connectivity index (χ1n) is 8.29. The van der Waals surface area contributed by atoms with Crippen molar-refractivity contribution in [2.75, 3.05) is 10.0 Å². The summed E-state index contributed by atoms with van der Waals surface area (Å²) in [6.07, 6.45) is 0. The Bertz CT molecular complexity index is 1050. The van der Waals surface area contributed by atoms with Crippen molar-refractivity contribution in [3.05, 3.63) is 59.6 Å². The Hall–Kier alpha value is -2.43. The third-order valence-electron chi connectivity index (χ3n) is 3.61. The van der Waals surface area contributed by atoms with Crippen LogP contribution in [0.4, 0.5) is 10.8 Å². The average Bonchev–Trinajstić information content (AvgIpc) is 3.07. The molecule has 146 valence electrons. The first-order chi connectivity index (χ1) is 13.3. The molecule has 1 amide bonds. The van der Waals surface area contributed by atoms with Crippen molar-refractivity contribution in [3.63, 3.8) is 0 Å². The lowest BCUT2D eigenvalue weighted by Gasteiger charge is -2.12. The number of hydrogen-bond donors (Lipinski definition) is 2. The van der Waals surface area contributed by atoms with Crippen LogP contribution in [-0.2, 0) is 14.8 Å². The summed E-state index contributed by atoms with van der Waals surface area (Å²) in [7, 11) is -3.76. The van der Waals surface area contributed by atoms with Crippen molar-refractivity contribution < 1.29 is 13.2 Å². The molecule has 0 aliphatic carbocycles. The van der Waals surface area contributed by atoms with E-state index in [9.17, 15) is 13.2 Å². The van der Waals surface area contributed by atoms with E-state index in [2.05, 4.69) is 20.2 Å². The largest absolute Gasteiger partial charge is 0.325 e. The maximum atomic E-state index is 12.4. The number of nitrogens with one attached hydrogen (secondary N) is 2. The van der Waals surface area contributed by atoms with Gasteiger partial charge in [-0.05, 0) is 50.2 Å². The van der Waals surface area contributed by atoms with E-state index in [4.69, 9.17) is 0 Å². The molecule has 28 heavy (non-hydrogen) atoms. The van der Waals surface area contributed by atoms with Crippen molar-refractivity contribution in [2.24, 2.45) is 0 Å². The molecule has 1 aromatic heterocycles. The van der Waals surface area contributed by atoms with Crippen molar-refractivity contribution in [1.29, 1.82) is 0 Å². The van der Waals surface area contributed by atoms with Gasteiger partial charge in [-0.15, -0.1) is 22.0 Å². The van der Waals surface area contributed by atoms with Crippen LogP contribution in [0, 0.1) is 6.92 Å². The number of aryl methyl sites for hydroxylation is 1. The van der Waals surface area contributed by atoms with Gasteiger partial charge in [-0.1, -0.05) is 29.5 Å². The molecule has 0 aliphatic heterocycles. The standard InChI is InChI=1S/C18H18N4O3S3/c1-12(26-15-6-4-3-5-7-15)17(23)19-14-8-10-16(11-9-14)28(24,25)22-18-21-20-13(2)27-18/h3-12H,1-2H3,(H,19,23)(H,21,22). The number of thioether (sulfide) groups is 1. The Morgan fingerprint density at radius 2 is 1.75 bits per heavy atom. The minimum atomic E-state index is -3.76. The Kier molecular flexibility index (Phi) is 6.32. The molecule has 0 bridgehead atoms. The van der Waals surface area contributed by atoms with E-state index in [0.29, 0.717) is 10.7 Å². The molecular formula is C18H18N4O3S3. The summed E-state index contributed by atoms with van der Waals surface area (Å²) in [6.45, 7) is 3.56. The molecule has 3 aromatic rings. The van der Waals surface area contributed by atoms with E-state index in [1.165, 1.54) is 23.9 Å². The van der Waals surface area contributed by atoms with Gasteiger partial charge in [-0.3, -0.25) is 9.52 Å². The molecule has 0 saturated heterocycles. The molecule has 0 aliphatic rings. The minimum Gasteiger partial charge on any atom is -0.325 e. The van der Waals surface area contributed by atoms with Crippen molar-refractivity contribution >= 4 is 49.8 Å². The summed E-state index contributed by atoms with van der Waals surface area (Å²) in [4.78, 5) is 13.4. The van der Waals surface area contributed by atoms with Crippen LogP contribution in [0.2, 0.25) is 0 Å². The van der Waals surface area contributed by atoms with Gasteiger partial charge in [0.15, 0.2) is 0 Å². The maximum Gasteiger partial charge on any atom is 0.263 e. The molecule has 1 atom stereocenters. The Morgan fingerprint density at radius 3 is 2.36 bits per heavy atom. The summed E-state index contributed by atoms with van der Waals surface area (Å²) in [5, 5.41) is 10.9. The molecule has 0 radical (unpaired) electrons. The lowest BCUT2D eigenvalue weighted by Crippen LogP contribution is -2.22. The van der Waals surface area contributed by atoms with Crippen LogP contribution < -0.4 is 10.0 Å². The molecule has 1 unspecified atom stereocenters. The number of sulfonamides is 1. The summed E-state index contributed by atoms with van der Waals surface area (Å²) < 4.78 is 27.2. The van der Waals surface area contributed by atoms with Gasteiger partial charge in [0, 0.05) is 10.6 Å². The highest BCUT2D eigenvalue weighted by Gasteiger charge is 2.18. The first kappa shape index (κ1) is 20.3. The predicted molar refractivity (Wildman–Crippen MR) is 112 cm³/mol. The van der Waals surface area contributed by atoms with Gasteiger partial charge in [0.25, 0.3) is 10.0 Å². The fourth-order valence-electron chi connectivity index (χ4n) is 2.23. The van der Waals surface area contributed by atoms with Crippen LogP contribution in [-0.4, -0.2) is 29.8 Å². The van der Waals surface area contributed by atoms with E-state index in [1.54, 1.807) is 19.1 Å². The number of carbonyl (C=O) groups excluding carboxylic acids is 1. The maximum absolute atomic E-state index is 12.4. The fraction of sp³-hybridized carbons (Fsp3) is 0.167. The highest BCUT2D eigenvalue weighted by atomic mass is 32.2. The Morgan fingerprint density at radius 1 is 1.07 bits per heavy atom. The van der Waals surface area contributed by atoms with E-state index >= 15 is 0 Å². The molecule has 0 spiro atoms. The van der Waals surface area contributed by atoms with Gasteiger partial charge in [0.05, 0.1) is 10.1 Å². The molecule has 2 aromatic carbocycles. The number of amides is 1. The smallest absolute Gasteiger partial charge is 0.263 e. The number of rotatable bonds is 7. The predicted octanol–water partition coefficient (Wildman–Crippen LogP) is 3.77. The Balaban J connectivity index is 1.62. The lowest BCUT2D eigenvalue weighted by atomic mass is 10.3. The van der Waals surface area contributed by atoms with Crippen LogP contribution in [0.25, 0.3) is 0 Å². The molecule has 1 heterocycles. The van der Waals surface area contributed by atoms with E-state index in [0.717, 1.165) is 16.2 Å². The molecule has 0 saturated carbocycles. The second kappa shape index (κ2) is 8.72. The van der Waals surface area contributed by atoms with Crippen LogP contribution in [0.5, 0.6) is 0 Å². The van der Waals surface area contributed by atoms with Crippen LogP contribution >= 0.6 is 23.1 Å². The number of anilines is 2. The summed E-state index contributed by atoms with van der Waals surface area (Å²) in [6, 6.07) is 15.6. The van der Waals surface area contributed by atoms with Gasteiger partial charge in [-0.2, -0.15) is 0 Å². The zero-order valence-electron chi connectivity index (χ0n) is 15.1. The molecule has 10 heteroatoms. The summed E-state index contributed by atoms with van der Waals surface area (Å²) in [5.41, 5.74) is 0.524. The number of aromatic nitrogens is 2. The van der Waals surface area contributed by atoms with Gasteiger partial charge < -0.3 is 5.32 Å². The van der Waals surface area contributed by atoms with Crippen molar-refractivity contribution in [1.82, 2.24) is 10.2 Å². The topological polar surface area (TPSA) is 101 Å². The normalized spacial score (nSPS) is 12.4. The van der Waals surface area contributed by atoms with Gasteiger partial charge in [0.2, 0.25) is 11.0 Å². The lowest BCUT2D eigenvalue weighted by molar-refractivity contribution is -0.115. The fourth-order valence-corrected chi connectivity index (χ4v) is 4.94. The highest BCUT2D eigenvalue weighted by Crippen LogP contribution is 2.24. The third kappa shape index (κ3) is 5.31. The average molecular weight is 435 g/mol. The second-order valence-electron chi connectivity index (χ2n) is 5.82. The highest BCUT2D eigenvalue weighted by molar-refractivity contribution is 8.00. The quantitative estimate of drug-likeness (QED) is 0.549. The van der Waals surface area contributed by atoms with Gasteiger partial charge >= 0.3 is 0 Å². The SMILES string of the molecule is Cc1nnc(NS(=O)(=O)c2ccc(NC(=O)C(C)Sc3ccccc3)cc2)s1. The number of carbonyl (C=O) groups is 1. The molecular weight excluding hydrogens is 416 g/mol. The van der Waals surface area contributed by atoms with Gasteiger partial charge in [-0.25, -0.2) is 8.42 Å². The van der Waals surface area contributed by atoms with Gasteiger partial charge in [0.1, 0.15) is 5.01 Å². The molecule has 3 rings (SSSR count). The number of benzene rings is 2. The first-order valence-corrected chi connectivity index (χ1v) is 11.5. The zero-order valence-corrected chi connectivity index (χ0v) is 17.6. The summed E-state index contributed by atoms with van der Waals surface area (Å²) >= 11 is 2.60. The number of hydrogen-bond acceptors (Lipinski definition) is 7. The zero-order chi connectivity index (χ0) is 20.1. The van der Waals surface area contributed by atoms with Crippen molar-refractivity contribution in [2.45, 2.75) is 28.9 Å². The molecule has 0 fully saturated rings. The van der Waals surface area contributed by atoms with Crippen LogP contribution in [0.15, 0.2) is 64.4 Å². The van der Waals surface area contributed by atoms with Crippen LogP contribution in [0.3, 0.4) is 0 Å². The number of nitrogens with zero attached hydrogens (tertiary/aromatic N) is 2. The monoisotopic (exact) mass is 434 g/mol. The summed E-state index contributed by atoms with van der Waals surface area (Å²) in [5.74, 6) is -0.160. The van der Waals surface area contributed by atoms with E-state index in [-0.39, 0.29) is 21.2 Å². The molecule has 2 N–H and O–H groups in total. The second-order valence-corrected chi connectivity index (χ2v) is 10.1. The third-order valence-corrected chi connectivity index (χ3v) is 6.96. The van der Waals surface area contributed by atoms with E-state index in [1.807, 2.05) is 37.3 Å². The molecule has 7 nitrogen and oxygen atoms in total. The van der Waals surface area contributed by atoms with E-state index < -0.39 is 10.0 Å².